The van der Waals surface area contributed by atoms with Crippen molar-refractivity contribution in [3.05, 3.63) is 90.0 Å². The van der Waals surface area contributed by atoms with E-state index in [9.17, 15) is 9.59 Å². The van der Waals surface area contributed by atoms with Gasteiger partial charge < -0.3 is 9.73 Å². The number of furan rings is 1. The first-order valence-corrected chi connectivity index (χ1v) is 10.4. The Morgan fingerprint density at radius 3 is 2.50 bits per heavy atom. The number of amides is 1. The predicted octanol–water partition coefficient (Wildman–Crippen LogP) is 5.22. The molecule has 2 heterocycles. The van der Waals surface area contributed by atoms with Gasteiger partial charge in [0.25, 0.3) is 5.91 Å². The largest absolute Gasteiger partial charge is 0.459 e. The van der Waals surface area contributed by atoms with Crippen LogP contribution < -0.4 is 5.32 Å². The number of anilines is 1. The Morgan fingerprint density at radius 1 is 1.03 bits per heavy atom. The lowest BCUT2D eigenvalue weighted by molar-refractivity contribution is -0.113. The number of nitrogens with one attached hydrogen (secondary N) is 1. The van der Waals surface area contributed by atoms with Crippen LogP contribution in [0.4, 0.5) is 5.69 Å². The van der Waals surface area contributed by atoms with Gasteiger partial charge in [0.15, 0.2) is 10.9 Å². The molecule has 30 heavy (non-hydrogen) atoms. The summed E-state index contributed by atoms with van der Waals surface area (Å²) in [6.07, 6.45) is 3.06. The highest BCUT2D eigenvalue weighted by molar-refractivity contribution is 7.99. The first-order chi connectivity index (χ1) is 14.6. The number of thioether (sulfide) groups is 1. The molecule has 0 aliphatic rings. The van der Waals surface area contributed by atoms with Gasteiger partial charge in [0.1, 0.15) is 0 Å². The van der Waals surface area contributed by atoms with Crippen LogP contribution in [0.2, 0.25) is 5.02 Å². The molecular formula is C22H16ClN3O3S. The van der Waals surface area contributed by atoms with E-state index >= 15 is 0 Å². The van der Waals surface area contributed by atoms with E-state index in [1.807, 2.05) is 30.3 Å². The van der Waals surface area contributed by atoms with Gasteiger partial charge in [-0.1, -0.05) is 53.7 Å². The molecular weight excluding hydrogens is 422 g/mol. The highest BCUT2D eigenvalue weighted by Gasteiger charge is 2.22. The predicted molar refractivity (Wildman–Crippen MR) is 117 cm³/mol. The van der Waals surface area contributed by atoms with Crippen molar-refractivity contribution in [2.24, 2.45) is 0 Å². The number of rotatable bonds is 6. The van der Waals surface area contributed by atoms with Gasteiger partial charge in [0.05, 0.1) is 23.9 Å². The van der Waals surface area contributed by atoms with Crippen molar-refractivity contribution in [3.63, 3.8) is 0 Å². The minimum Gasteiger partial charge on any atom is -0.459 e. The molecule has 0 fully saturated rings. The minimum atomic E-state index is -0.350. The SMILES string of the molecule is O=C(CSc1ncc(-c2ccccc2)n1C(=O)c1ccco1)Nc1ccc(Cl)cc1. The van der Waals surface area contributed by atoms with Gasteiger partial charge >= 0.3 is 0 Å². The standard InChI is InChI=1S/C22H16ClN3O3S/c23-16-8-10-17(11-9-16)25-20(27)14-30-22-24-13-18(15-5-2-1-3-6-15)26(22)21(28)19-7-4-12-29-19/h1-13H,14H2,(H,25,27). The Balaban J connectivity index is 1.57. The minimum absolute atomic E-state index is 0.0826. The molecule has 1 N–H and O–H groups in total. The second-order valence-corrected chi connectivity index (χ2v) is 7.63. The zero-order valence-corrected chi connectivity index (χ0v) is 17.2. The summed E-state index contributed by atoms with van der Waals surface area (Å²) < 4.78 is 6.75. The number of carbonyl (C=O) groups excluding carboxylic acids is 2. The van der Waals surface area contributed by atoms with Gasteiger partial charge in [-0.15, -0.1) is 0 Å². The van der Waals surface area contributed by atoms with E-state index in [0.717, 1.165) is 5.56 Å². The molecule has 0 radical (unpaired) electrons. The second kappa shape index (κ2) is 9.02. The van der Waals surface area contributed by atoms with Gasteiger partial charge in [-0.2, -0.15) is 0 Å². The van der Waals surface area contributed by atoms with E-state index in [2.05, 4.69) is 10.3 Å². The van der Waals surface area contributed by atoms with Crippen molar-refractivity contribution in [2.45, 2.75) is 5.16 Å². The molecule has 0 atom stereocenters. The summed E-state index contributed by atoms with van der Waals surface area (Å²) in [5.41, 5.74) is 2.10. The van der Waals surface area contributed by atoms with Crippen molar-refractivity contribution >= 4 is 40.9 Å². The van der Waals surface area contributed by atoms with Crippen LogP contribution in [0.5, 0.6) is 0 Å². The number of hydrogen-bond acceptors (Lipinski definition) is 5. The Hall–Kier alpha value is -3.29. The fourth-order valence-corrected chi connectivity index (χ4v) is 3.71. The molecule has 0 aliphatic carbocycles. The Labute approximate surface area is 181 Å². The van der Waals surface area contributed by atoms with E-state index in [0.29, 0.717) is 21.6 Å². The maximum Gasteiger partial charge on any atom is 0.300 e. The molecule has 150 valence electrons. The van der Waals surface area contributed by atoms with E-state index in [4.69, 9.17) is 16.0 Å². The smallest absolute Gasteiger partial charge is 0.300 e. The second-order valence-electron chi connectivity index (χ2n) is 6.25. The van der Waals surface area contributed by atoms with Crippen molar-refractivity contribution in [1.82, 2.24) is 9.55 Å². The summed E-state index contributed by atoms with van der Waals surface area (Å²) in [6, 6.07) is 19.5. The molecule has 0 unspecified atom stereocenters. The third-order valence-electron chi connectivity index (χ3n) is 4.19. The van der Waals surface area contributed by atoms with Crippen LogP contribution in [-0.2, 0) is 4.79 Å². The van der Waals surface area contributed by atoms with E-state index in [-0.39, 0.29) is 23.3 Å². The zero-order chi connectivity index (χ0) is 20.9. The van der Waals surface area contributed by atoms with Crippen molar-refractivity contribution < 1.29 is 14.0 Å². The lowest BCUT2D eigenvalue weighted by atomic mass is 10.2. The Kier molecular flexibility index (Phi) is 6.02. The number of benzene rings is 2. The van der Waals surface area contributed by atoms with Gasteiger partial charge in [-0.3, -0.25) is 14.2 Å². The third-order valence-corrected chi connectivity index (χ3v) is 5.40. The number of nitrogens with zero attached hydrogens (tertiary/aromatic N) is 2. The molecule has 6 nitrogen and oxygen atoms in total. The molecule has 0 aliphatic heterocycles. The molecule has 1 amide bonds. The summed E-state index contributed by atoms with van der Waals surface area (Å²) in [6.45, 7) is 0. The van der Waals surface area contributed by atoms with E-state index in [1.165, 1.54) is 22.6 Å². The van der Waals surface area contributed by atoms with Crippen LogP contribution in [0.1, 0.15) is 10.6 Å². The molecule has 8 heteroatoms. The van der Waals surface area contributed by atoms with Crippen molar-refractivity contribution in [3.8, 4) is 11.3 Å². The van der Waals surface area contributed by atoms with E-state index in [1.54, 1.807) is 42.6 Å². The number of imidazole rings is 1. The molecule has 0 spiro atoms. The van der Waals surface area contributed by atoms with Gasteiger partial charge in [0.2, 0.25) is 5.91 Å². The van der Waals surface area contributed by atoms with Crippen LogP contribution >= 0.6 is 23.4 Å². The normalized spacial score (nSPS) is 10.7. The van der Waals surface area contributed by atoms with Crippen LogP contribution in [0.25, 0.3) is 11.3 Å². The lowest BCUT2D eigenvalue weighted by Crippen LogP contribution is -2.17. The number of aromatic nitrogens is 2. The topological polar surface area (TPSA) is 77.1 Å². The summed E-state index contributed by atoms with van der Waals surface area (Å²) in [4.78, 5) is 29.8. The maximum absolute atomic E-state index is 13.1. The number of carbonyl (C=O) groups is 2. The monoisotopic (exact) mass is 437 g/mol. The zero-order valence-electron chi connectivity index (χ0n) is 15.6. The van der Waals surface area contributed by atoms with Crippen LogP contribution in [-0.4, -0.2) is 27.1 Å². The Bertz CT molecular complexity index is 1160. The van der Waals surface area contributed by atoms with Gasteiger partial charge in [-0.25, -0.2) is 4.98 Å². The molecule has 2 aromatic heterocycles. The van der Waals surface area contributed by atoms with Crippen LogP contribution in [0.3, 0.4) is 0 Å². The maximum atomic E-state index is 13.1. The van der Waals surface area contributed by atoms with Crippen molar-refractivity contribution in [2.75, 3.05) is 11.1 Å². The highest BCUT2D eigenvalue weighted by Crippen LogP contribution is 2.27. The average molecular weight is 438 g/mol. The number of hydrogen-bond donors (Lipinski definition) is 1. The molecule has 0 bridgehead atoms. The van der Waals surface area contributed by atoms with Crippen LogP contribution in [0.15, 0.2) is 88.8 Å². The first kappa shape index (κ1) is 20.0. The number of halogens is 1. The molecule has 0 saturated heterocycles. The highest BCUT2D eigenvalue weighted by atomic mass is 35.5. The molecule has 4 rings (SSSR count). The Morgan fingerprint density at radius 2 is 1.80 bits per heavy atom. The van der Waals surface area contributed by atoms with Gasteiger partial charge in [-0.05, 0) is 36.4 Å². The molecule has 4 aromatic rings. The van der Waals surface area contributed by atoms with E-state index < -0.39 is 0 Å². The molecule has 0 saturated carbocycles. The first-order valence-electron chi connectivity index (χ1n) is 9.01. The average Bonchev–Trinajstić information content (AvgIpc) is 3.44. The van der Waals surface area contributed by atoms with Gasteiger partial charge in [0, 0.05) is 16.3 Å². The summed E-state index contributed by atoms with van der Waals surface area (Å²) in [7, 11) is 0. The van der Waals surface area contributed by atoms with Crippen molar-refractivity contribution in [1.29, 1.82) is 0 Å². The summed E-state index contributed by atoms with van der Waals surface area (Å²) in [5.74, 6) is -0.294. The fraction of sp³-hybridized carbons (Fsp3) is 0.0455. The summed E-state index contributed by atoms with van der Waals surface area (Å²) >= 11 is 7.03. The van der Waals surface area contributed by atoms with Crippen LogP contribution in [0, 0.1) is 0 Å². The fourth-order valence-electron chi connectivity index (χ4n) is 2.82. The lowest BCUT2D eigenvalue weighted by Gasteiger charge is -2.09. The quantitative estimate of drug-likeness (QED) is 0.419. The third kappa shape index (κ3) is 4.48. The molecule has 2 aromatic carbocycles. The summed E-state index contributed by atoms with van der Waals surface area (Å²) in [5, 5.41) is 3.79.